The highest BCUT2D eigenvalue weighted by Gasteiger charge is 2.31. The number of aliphatic carboxylic acids is 1. The number of hydrogen-bond acceptors (Lipinski definition) is 4. The average Bonchev–Trinajstić information content (AvgIpc) is 2.66. The van der Waals surface area contributed by atoms with Crippen LogP contribution >= 0.6 is 0 Å². The van der Waals surface area contributed by atoms with Crippen LogP contribution in [0.1, 0.15) is 26.7 Å². The molecule has 1 heterocycles. The summed E-state index contributed by atoms with van der Waals surface area (Å²) in [6.07, 6.45) is 2.17. The Kier molecular flexibility index (Phi) is 4.07. The van der Waals surface area contributed by atoms with Gasteiger partial charge in [-0.3, -0.25) is 0 Å². The lowest BCUT2D eigenvalue weighted by Crippen LogP contribution is -2.49. The molecular weight excluding hydrogens is 198 g/mol. The van der Waals surface area contributed by atoms with E-state index >= 15 is 0 Å². The lowest BCUT2D eigenvalue weighted by atomic mass is 10.1. The van der Waals surface area contributed by atoms with Crippen LogP contribution in [0.25, 0.3) is 0 Å². The predicted octanol–water partition coefficient (Wildman–Crippen LogP) is -0.0209. The van der Waals surface area contributed by atoms with Crippen molar-refractivity contribution in [2.45, 2.75) is 44.4 Å². The van der Waals surface area contributed by atoms with Gasteiger partial charge < -0.3 is 20.3 Å². The van der Waals surface area contributed by atoms with E-state index < -0.39 is 11.6 Å². The fraction of sp³-hybridized carbons (Fsp3) is 0.900. The largest absolute Gasteiger partial charge is 0.479 e. The van der Waals surface area contributed by atoms with Crippen molar-refractivity contribution in [1.82, 2.24) is 5.32 Å². The van der Waals surface area contributed by atoms with Crippen LogP contribution in [-0.2, 0) is 9.53 Å². The summed E-state index contributed by atoms with van der Waals surface area (Å²) in [5, 5.41) is 21.2. The van der Waals surface area contributed by atoms with Crippen molar-refractivity contribution in [3.63, 3.8) is 0 Å². The van der Waals surface area contributed by atoms with Crippen molar-refractivity contribution < 1.29 is 19.7 Å². The lowest BCUT2D eigenvalue weighted by Gasteiger charge is -2.24. The van der Waals surface area contributed by atoms with Crippen LogP contribution in [0.3, 0.4) is 0 Å². The van der Waals surface area contributed by atoms with Crippen LogP contribution in [0.2, 0.25) is 0 Å². The highest BCUT2D eigenvalue weighted by atomic mass is 16.5. The van der Waals surface area contributed by atoms with E-state index in [2.05, 4.69) is 5.32 Å². The van der Waals surface area contributed by atoms with Crippen LogP contribution in [0.15, 0.2) is 0 Å². The molecule has 0 saturated carbocycles. The van der Waals surface area contributed by atoms with Gasteiger partial charge in [0.2, 0.25) is 0 Å². The van der Waals surface area contributed by atoms with Gasteiger partial charge in [-0.15, -0.1) is 0 Å². The molecule has 1 rings (SSSR count). The summed E-state index contributed by atoms with van der Waals surface area (Å²) in [5.74, 6) is -1.21. The maximum atomic E-state index is 10.6. The molecule has 0 aromatic carbocycles. The van der Waals surface area contributed by atoms with Crippen molar-refractivity contribution in [2.24, 2.45) is 0 Å². The molecular formula is C10H19NO4. The molecule has 15 heavy (non-hydrogen) atoms. The first-order valence-electron chi connectivity index (χ1n) is 5.24. The van der Waals surface area contributed by atoms with Gasteiger partial charge in [-0.25, -0.2) is 4.79 Å². The summed E-state index contributed by atoms with van der Waals surface area (Å²) in [7, 11) is 0. The highest BCUT2D eigenvalue weighted by molar-refractivity contribution is 5.76. The minimum Gasteiger partial charge on any atom is -0.479 e. The van der Waals surface area contributed by atoms with E-state index in [4.69, 9.17) is 9.84 Å². The van der Waals surface area contributed by atoms with Crippen molar-refractivity contribution in [3.05, 3.63) is 0 Å². The lowest BCUT2D eigenvalue weighted by molar-refractivity contribution is -0.156. The van der Waals surface area contributed by atoms with Crippen LogP contribution in [0.5, 0.6) is 0 Å². The number of carboxylic acids is 1. The van der Waals surface area contributed by atoms with Gasteiger partial charge in [0, 0.05) is 19.2 Å². The second kappa shape index (κ2) is 4.92. The van der Waals surface area contributed by atoms with Crippen LogP contribution in [-0.4, -0.2) is 47.1 Å². The Morgan fingerprint density at radius 2 is 2.40 bits per heavy atom. The number of carboxylic acid groups (broad SMARTS) is 1. The van der Waals surface area contributed by atoms with Crippen molar-refractivity contribution in [2.75, 3.05) is 13.2 Å². The molecule has 0 aliphatic carbocycles. The van der Waals surface area contributed by atoms with Crippen LogP contribution in [0, 0.1) is 0 Å². The van der Waals surface area contributed by atoms with Gasteiger partial charge >= 0.3 is 5.97 Å². The molecule has 0 spiro atoms. The Morgan fingerprint density at radius 1 is 1.73 bits per heavy atom. The molecule has 5 nitrogen and oxygen atoms in total. The Morgan fingerprint density at radius 3 is 2.87 bits per heavy atom. The molecule has 0 radical (unpaired) electrons. The number of rotatable bonds is 5. The third kappa shape index (κ3) is 3.44. The molecule has 0 aromatic heterocycles. The third-order valence-electron chi connectivity index (χ3n) is 2.75. The zero-order chi connectivity index (χ0) is 11.5. The first-order valence-corrected chi connectivity index (χ1v) is 5.24. The number of ether oxygens (including phenoxy) is 1. The quantitative estimate of drug-likeness (QED) is 0.603. The normalized spacial score (nSPS) is 27.3. The highest BCUT2D eigenvalue weighted by Crippen LogP contribution is 2.15. The molecule has 1 saturated heterocycles. The molecule has 0 bridgehead atoms. The van der Waals surface area contributed by atoms with Crippen LogP contribution in [0.4, 0.5) is 0 Å². The number of hydrogen-bond donors (Lipinski definition) is 3. The van der Waals surface area contributed by atoms with E-state index in [0.717, 1.165) is 19.4 Å². The minimum atomic E-state index is -1.72. The zero-order valence-electron chi connectivity index (χ0n) is 9.19. The summed E-state index contributed by atoms with van der Waals surface area (Å²) in [6.45, 7) is 4.02. The van der Waals surface area contributed by atoms with Gasteiger partial charge in [0.25, 0.3) is 0 Å². The van der Waals surface area contributed by atoms with Gasteiger partial charge in [-0.05, 0) is 26.7 Å². The Bertz CT molecular complexity index is 223. The van der Waals surface area contributed by atoms with Crippen molar-refractivity contribution in [3.8, 4) is 0 Å². The molecule has 88 valence electrons. The Hall–Kier alpha value is -0.650. The fourth-order valence-corrected chi connectivity index (χ4v) is 1.56. The molecule has 0 amide bonds. The van der Waals surface area contributed by atoms with E-state index in [-0.39, 0.29) is 18.7 Å². The molecule has 5 heteroatoms. The summed E-state index contributed by atoms with van der Waals surface area (Å²) in [4.78, 5) is 10.6. The Balaban J connectivity index is 2.32. The van der Waals surface area contributed by atoms with Gasteiger partial charge in [-0.2, -0.15) is 0 Å². The number of nitrogens with one attached hydrogen (secondary N) is 1. The monoisotopic (exact) mass is 217 g/mol. The van der Waals surface area contributed by atoms with E-state index in [0.29, 0.717) is 0 Å². The number of aliphatic hydroxyl groups is 1. The maximum Gasteiger partial charge on any atom is 0.336 e. The molecule has 0 aromatic rings. The summed E-state index contributed by atoms with van der Waals surface area (Å²) in [6, 6.07) is 0.0679. The van der Waals surface area contributed by atoms with E-state index in [1.54, 1.807) is 0 Å². The standard InChI is InChI=1S/C10H19NO4/c1-7(8-4-3-5-15-8)11-6-10(2,14)9(12)13/h7-8,11,14H,3-6H2,1-2H3,(H,12,13). The van der Waals surface area contributed by atoms with Gasteiger partial charge in [0.1, 0.15) is 0 Å². The van der Waals surface area contributed by atoms with Crippen molar-refractivity contribution in [1.29, 1.82) is 0 Å². The fourth-order valence-electron chi connectivity index (χ4n) is 1.56. The van der Waals surface area contributed by atoms with E-state index in [1.807, 2.05) is 6.92 Å². The maximum absolute atomic E-state index is 10.6. The second-order valence-electron chi connectivity index (χ2n) is 4.30. The zero-order valence-corrected chi connectivity index (χ0v) is 9.19. The summed E-state index contributed by atoms with van der Waals surface area (Å²) >= 11 is 0. The third-order valence-corrected chi connectivity index (χ3v) is 2.75. The molecule has 1 fully saturated rings. The van der Waals surface area contributed by atoms with E-state index in [1.165, 1.54) is 6.92 Å². The molecule has 1 aliphatic heterocycles. The first-order chi connectivity index (χ1) is 6.93. The van der Waals surface area contributed by atoms with E-state index in [9.17, 15) is 9.90 Å². The molecule has 1 aliphatic rings. The molecule has 3 unspecified atom stereocenters. The SMILES string of the molecule is CC(NCC(C)(O)C(=O)O)C1CCCO1. The summed E-state index contributed by atoms with van der Waals surface area (Å²) in [5.41, 5.74) is -1.72. The van der Waals surface area contributed by atoms with Gasteiger partial charge in [0.05, 0.1) is 6.10 Å². The smallest absolute Gasteiger partial charge is 0.336 e. The average molecular weight is 217 g/mol. The second-order valence-corrected chi connectivity index (χ2v) is 4.30. The minimum absolute atomic E-state index is 0.0311. The van der Waals surface area contributed by atoms with Gasteiger partial charge in [0.15, 0.2) is 5.60 Å². The van der Waals surface area contributed by atoms with Gasteiger partial charge in [-0.1, -0.05) is 0 Å². The summed E-state index contributed by atoms with van der Waals surface area (Å²) < 4.78 is 5.45. The molecule has 3 atom stereocenters. The predicted molar refractivity (Wildman–Crippen MR) is 54.7 cm³/mol. The number of carbonyl (C=O) groups is 1. The topological polar surface area (TPSA) is 78.8 Å². The van der Waals surface area contributed by atoms with Crippen molar-refractivity contribution >= 4 is 5.97 Å². The van der Waals surface area contributed by atoms with Crippen LogP contribution < -0.4 is 5.32 Å². The Labute approximate surface area is 89.4 Å². The first kappa shape index (κ1) is 12.4. The molecule has 3 N–H and O–H groups in total.